The van der Waals surface area contributed by atoms with Gasteiger partial charge in [0.2, 0.25) is 0 Å². The number of aromatic hydroxyl groups is 1. The maximum Gasteiger partial charge on any atom is 0.258 e. The Bertz CT molecular complexity index is 611. The van der Waals surface area contributed by atoms with Crippen LogP contribution in [0.15, 0.2) is 48.5 Å². The number of carbonyl (C=O) groups excluding carboxylic acids is 1. The molecule has 0 saturated carbocycles. The summed E-state index contributed by atoms with van der Waals surface area (Å²) in [5, 5.41) is 9.48. The predicted octanol–water partition coefficient (Wildman–Crippen LogP) is 2.17. The molecule has 0 heterocycles. The van der Waals surface area contributed by atoms with E-state index in [0.717, 1.165) is 12.0 Å². The number of hydrogen-bond acceptors (Lipinski definition) is 3. The van der Waals surface area contributed by atoms with Crippen LogP contribution in [0.5, 0.6) is 5.75 Å². The van der Waals surface area contributed by atoms with Gasteiger partial charge in [-0.3, -0.25) is 4.79 Å². The third-order valence-electron chi connectivity index (χ3n) is 3.13. The number of phenolic OH excluding ortho intramolecular Hbond substituents is 1. The Morgan fingerprint density at radius 1 is 1.20 bits per heavy atom. The molecule has 4 nitrogen and oxygen atoms in total. The van der Waals surface area contributed by atoms with Crippen LogP contribution in [0, 0.1) is 0 Å². The minimum absolute atomic E-state index is 0.116. The molecule has 0 spiro atoms. The van der Waals surface area contributed by atoms with Crippen molar-refractivity contribution < 1.29 is 9.90 Å². The third-order valence-corrected chi connectivity index (χ3v) is 3.13. The Labute approximate surface area is 118 Å². The van der Waals surface area contributed by atoms with Crippen molar-refractivity contribution >= 4 is 11.6 Å². The summed E-state index contributed by atoms with van der Waals surface area (Å²) in [6, 6.07) is 14.1. The van der Waals surface area contributed by atoms with Crippen LogP contribution in [0.2, 0.25) is 0 Å². The van der Waals surface area contributed by atoms with Crippen LogP contribution in [-0.2, 0) is 6.42 Å². The molecule has 3 N–H and O–H groups in total. The molecule has 0 fully saturated rings. The van der Waals surface area contributed by atoms with Crippen LogP contribution in [0.3, 0.4) is 0 Å². The van der Waals surface area contributed by atoms with E-state index in [1.165, 1.54) is 4.90 Å². The molecule has 0 unspecified atom stereocenters. The molecule has 0 bridgehead atoms. The summed E-state index contributed by atoms with van der Waals surface area (Å²) in [5.74, 6) is 0.0218. The zero-order valence-corrected chi connectivity index (χ0v) is 11.4. The highest BCUT2D eigenvalue weighted by atomic mass is 16.3. The molecule has 0 saturated heterocycles. The molecule has 0 aliphatic rings. The van der Waals surface area contributed by atoms with E-state index in [9.17, 15) is 9.90 Å². The van der Waals surface area contributed by atoms with Gasteiger partial charge in [-0.25, -0.2) is 0 Å². The maximum absolute atomic E-state index is 12.4. The molecule has 4 heteroatoms. The molecule has 2 rings (SSSR count). The number of nitrogens with zero attached hydrogens (tertiary/aromatic N) is 1. The molecule has 2 aromatic carbocycles. The van der Waals surface area contributed by atoms with Gasteiger partial charge in [0.1, 0.15) is 5.75 Å². The summed E-state index contributed by atoms with van der Waals surface area (Å²) in [6.07, 6.45) is 0.747. The fourth-order valence-corrected chi connectivity index (χ4v) is 2.04. The SMILES string of the molecule is CN(C(=O)c1cccc(CCN)c1)c1cccc(O)c1. The van der Waals surface area contributed by atoms with E-state index in [0.29, 0.717) is 17.8 Å². The molecule has 0 aliphatic heterocycles. The van der Waals surface area contributed by atoms with Gasteiger partial charge < -0.3 is 15.7 Å². The zero-order valence-electron chi connectivity index (χ0n) is 11.4. The van der Waals surface area contributed by atoms with Crippen molar-refractivity contribution in [2.75, 3.05) is 18.5 Å². The minimum atomic E-state index is -0.116. The van der Waals surface area contributed by atoms with E-state index in [2.05, 4.69) is 0 Å². The van der Waals surface area contributed by atoms with Crippen molar-refractivity contribution in [2.45, 2.75) is 6.42 Å². The molecule has 0 aliphatic carbocycles. The van der Waals surface area contributed by atoms with Gasteiger partial charge in [0.25, 0.3) is 5.91 Å². The van der Waals surface area contributed by atoms with Crippen molar-refractivity contribution in [1.29, 1.82) is 0 Å². The lowest BCUT2D eigenvalue weighted by Gasteiger charge is -2.18. The smallest absolute Gasteiger partial charge is 0.258 e. The first kappa shape index (κ1) is 14.1. The number of hydrogen-bond donors (Lipinski definition) is 2. The topological polar surface area (TPSA) is 66.6 Å². The van der Waals surface area contributed by atoms with E-state index in [-0.39, 0.29) is 11.7 Å². The zero-order chi connectivity index (χ0) is 14.5. The average Bonchev–Trinajstić information content (AvgIpc) is 2.46. The van der Waals surface area contributed by atoms with Crippen LogP contribution >= 0.6 is 0 Å². The van der Waals surface area contributed by atoms with Crippen LogP contribution < -0.4 is 10.6 Å². The first-order chi connectivity index (χ1) is 9.61. The molecule has 0 radical (unpaired) electrons. The highest BCUT2D eigenvalue weighted by molar-refractivity contribution is 6.05. The summed E-state index contributed by atoms with van der Waals surface area (Å²) in [5.41, 5.74) is 7.84. The van der Waals surface area contributed by atoms with Crippen molar-refractivity contribution in [1.82, 2.24) is 0 Å². The molecule has 0 aromatic heterocycles. The Morgan fingerprint density at radius 3 is 2.65 bits per heavy atom. The van der Waals surface area contributed by atoms with E-state index < -0.39 is 0 Å². The highest BCUT2D eigenvalue weighted by Gasteiger charge is 2.14. The van der Waals surface area contributed by atoms with Crippen molar-refractivity contribution in [3.63, 3.8) is 0 Å². The van der Waals surface area contributed by atoms with E-state index >= 15 is 0 Å². The van der Waals surface area contributed by atoms with Gasteiger partial charge in [0.05, 0.1) is 0 Å². The molecule has 20 heavy (non-hydrogen) atoms. The highest BCUT2D eigenvalue weighted by Crippen LogP contribution is 2.20. The van der Waals surface area contributed by atoms with Crippen LogP contribution in [-0.4, -0.2) is 24.6 Å². The molecule has 2 aromatic rings. The Hall–Kier alpha value is -2.33. The molecular formula is C16H18N2O2. The summed E-state index contributed by atoms with van der Waals surface area (Å²) in [7, 11) is 1.69. The number of amides is 1. The Morgan fingerprint density at radius 2 is 1.95 bits per heavy atom. The second-order valence-electron chi connectivity index (χ2n) is 4.62. The lowest BCUT2D eigenvalue weighted by Crippen LogP contribution is -2.26. The maximum atomic E-state index is 12.4. The predicted molar refractivity (Wildman–Crippen MR) is 80.0 cm³/mol. The lowest BCUT2D eigenvalue weighted by atomic mass is 10.1. The fourth-order valence-electron chi connectivity index (χ4n) is 2.04. The monoisotopic (exact) mass is 270 g/mol. The molecule has 0 atom stereocenters. The standard InChI is InChI=1S/C16H18N2O2/c1-18(14-6-3-7-15(19)11-14)16(20)13-5-2-4-12(10-13)8-9-17/h2-7,10-11,19H,8-9,17H2,1H3. The average molecular weight is 270 g/mol. The molecule has 1 amide bonds. The summed E-state index contributed by atoms with van der Waals surface area (Å²) in [4.78, 5) is 13.9. The Balaban J connectivity index is 2.24. The minimum Gasteiger partial charge on any atom is -0.508 e. The normalized spacial score (nSPS) is 10.3. The Kier molecular flexibility index (Phi) is 4.38. The largest absolute Gasteiger partial charge is 0.508 e. The number of phenols is 1. The number of rotatable bonds is 4. The summed E-state index contributed by atoms with van der Waals surface area (Å²) >= 11 is 0. The van der Waals surface area contributed by atoms with Crippen LogP contribution in [0.25, 0.3) is 0 Å². The van der Waals surface area contributed by atoms with Crippen molar-refractivity contribution in [2.24, 2.45) is 5.73 Å². The first-order valence-electron chi connectivity index (χ1n) is 6.48. The van der Waals surface area contributed by atoms with Gasteiger partial charge in [0, 0.05) is 24.4 Å². The number of anilines is 1. The van der Waals surface area contributed by atoms with Gasteiger partial charge in [-0.2, -0.15) is 0 Å². The van der Waals surface area contributed by atoms with Gasteiger partial charge >= 0.3 is 0 Å². The number of benzene rings is 2. The van der Waals surface area contributed by atoms with Crippen LogP contribution in [0.4, 0.5) is 5.69 Å². The van der Waals surface area contributed by atoms with E-state index in [1.807, 2.05) is 18.2 Å². The second kappa shape index (κ2) is 6.21. The molecular weight excluding hydrogens is 252 g/mol. The number of nitrogens with two attached hydrogens (primary N) is 1. The number of carbonyl (C=O) groups is 1. The summed E-state index contributed by atoms with van der Waals surface area (Å²) < 4.78 is 0. The fraction of sp³-hybridized carbons (Fsp3) is 0.188. The summed E-state index contributed by atoms with van der Waals surface area (Å²) in [6.45, 7) is 0.556. The molecule has 104 valence electrons. The van der Waals surface area contributed by atoms with Crippen molar-refractivity contribution in [3.05, 3.63) is 59.7 Å². The van der Waals surface area contributed by atoms with E-state index in [1.54, 1.807) is 37.4 Å². The van der Waals surface area contributed by atoms with Gasteiger partial charge in [-0.1, -0.05) is 18.2 Å². The van der Waals surface area contributed by atoms with Gasteiger partial charge in [-0.05, 0) is 42.8 Å². The lowest BCUT2D eigenvalue weighted by molar-refractivity contribution is 0.0993. The second-order valence-corrected chi connectivity index (χ2v) is 4.62. The van der Waals surface area contributed by atoms with E-state index in [4.69, 9.17) is 5.73 Å². The van der Waals surface area contributed by atoms with Crippen LogP contribution in [0.1, 0.15) is 15.9 Å². The quantitative estimate of drug-likeness (QED) is 0.894. The van der Waals surface area contributed by atoms with Gasteiger partial charge in [-0.15, -0.1) is 0 Å². The first-order valence-corrected chi connectivity index (χ1v) is 6.48. The van der Waals surface area contributed by atoms with Crippen molar-refractivity contribution in [3.8, 4) is 5.75 Å². The third kappa shape index (κ3) is 3.16. The van der Waals surface area contributed by atoms with Gasteiger partial charge in [0.15, 0.2) is 0 Å².